The van der Waals surface area contributed by atoms with Gasteiger partial charge in [0.25, 0.3) is 5.56 Å². The molecule has 0 saturated carbocycles. The molecule has 2 aliphatic rings. The molecule has 2 aliphatic heterocycles. The van der Waals surface area contributed by atoms with E-state index >= 15 is 0 Å². The van der Waals surface area contributed by atoms with Gasteiger partial charge in [0.2, 0.25) is 0 Å². The first-order valence-corrected chi connectivity index (χ1v) is 19.1. The molecule has 0 bridgehead atoms. The third-order valence-electron chi connectivity index (χ3n) is 10.5. The van der Waals surface area contributed by atoms with Crippen LogP contribution in [-0.2, 0) is 22.5 Å². The normalized spacial score (nSPS) is 17.1. The van der Waals surface area contributed by atoms with Crippen LogP contribution in [0.25, 0.3) is 11.0 Å². The van der Waals surface area contributed by atoms with E-state index in [2.05, 4.69) is 10.1 Å². The largest absolute Gasteiger partial charge is 0.454 e. The number of esters is 1. The minimum Gasteiger partial charge on any atom is -0.454 e. The number of likely N-dealkylation sites (tertiary alicyclic amines) is 1. The van der Waals surface area contributed by atoms with Crippen LogP contribution in [0.5, 0.6) is 0 Å². The molecule has 1 saturated heterocycles. The topological polar surface area (TPSA) is 90.5 Å². The highest BCUT2D eigenvalue weighted by Gasteiger charge is 2.29. The number of carbonyl (C=O) groups excluding carboxylic acids is 1. The summed E-state index contributed by atoms with van der Waals surface area (Å²) in [6.45, 7) is 4.87. The van der Waals surface area contributed by atoms with Crippen LogP contribution in [0.3, 0.4) is 0 Å². The second kappa shape index (κ2) is 19.3. The van der Waals surface area contributed by atoms with Crippen LogP contribution in [0.1, 0.15) is 150 Å². The summed E-state index contributed by atoms with van der Waals surface area (Å²) in [5, 5.41) is 5.15. The van der Waals surface area contributed by atoms with Crippen LogP contribution < -0.4 is 5.56 Å². The standard InChI is InChI=1S/C39H56F2N4O4/c1-29-32(22-27-44-25-20-30(21-26-44)37-33-19-18-31(41)28-35(33)49-43-37)39(47)45-24-15-16-34(38(45)42-29)48-36(46)17-13-11-9-7-5-3-2-4-6-8-10-12-14-23-40/h18-19,28,30,34H,2-17,20-27H2,1H3. The molecule has 1 unspecified atom stereocenters. The third kappa shape index (κ3) is 10.7. The Labute approximate surface area is 290 Å². The van der Waals surface area contributed by atoms with Gasteiger partial charge in [0.05, 0.1) is 12.4 Å². The summed E-state index contributed by atoms with van der Waals surface area (Å²) in [5.41, 5.74) is 2.86. The predicted octanol–water partition coefficient (Wildman–Crippen LogP) is 9.06. The van der Waals surface area contributed by atoms with Crippen LogP contribution in [0, 0.1) is 12.7 Å². The Balaban J connectivity index is 0.998. The number of piperidine rings is 1. The van der Waals surface area contributed by atoms with Crippen molar-refractivity contribution >= 4 is 16.9 Å². The van der Waals surface area contributed by atoms with Gasteiger partial charge in [-0.15, -0.1) is 0 Å². The molecule has 3 aromatic rings. The molecule has 1 aromatic carbocycles. The Morgan fingerprint density at radius 3 is 2.24 bits per heavy atom. The van der Waals surface area contributed by atoms with Crippen molar-refractivity contribution in [2.75, 3.05) is 26.3 Å². The van der Waals surface area contributed by atoms with Crippen molar-refractivity contribution in [2.24, 2.45) is 0 Å². The Hall–Kier alpha value is -3.14. The molecule has 4 heterocycles. The van der Waals surface area contributed by atoms with E-state index in [1.54, 1.807) is 10.6 Å². The molecule has 1 atom stereocenters. The van der Waals surface area contributed by atoms with Gasteiger partial charge in [-0.05, 0) is 77.1 Å². The van der Waals surface area contributed by atoms with E-state index in [1.807, 2.05) is 6.92 Å². The number of alkyl halides is 1. The molecule has 2 aromatic heterocycles. The van der Waals surface area contributed by atoms with E-state index in [1.165, 1.54) is 57.1 Å². The van der Waals surface area contributed by atoms with Crippen molar-refractivity contribution in [2.45, 2.75) is 147 Å². The number of rotatable bonds is 20. The number of fused-ring (bicyclic) bond motifs is 2. The molecule has 0 N–H and O–H groups in total. The Morgan fingerprint density at radius 2 is 1.57 bits per heavy atom. The van der Waals surface area contributed by atoms with Crippen LogP contribution >= 0.6 is 0 Å². The van der Waals surface area contributed by atoms with Crippen molar-refractivity contribution in [1.29, 1.82) is 0 Å². The zero-order valence-electron chi connectivity index (χ0n) is 29.5. The monoisotopic (exact) mass is 682 g/mol. The maximum absolute atomic E-state index is 13.6. The van der Waals surface area contributed by atoms with Crippen molar-refractivity contribution in [3.05, 3.63) is 57.1 Å². The number of nitrogens with zero attached hydrogens (tertiary/aromatic N) is 4. The highest BCUT2D eigenvalue weighted by atomic mass is 19.1. The molecular formula is C39H56F2N4O4. The van der Waals surface area contributed by atoms with Gasteiger partial charge in [-0.2, -0.15) is 0 Å². The van der Waals surface area contributed by atoms with Crippen molar-refractivity contribution in [1.82, 2.24) is 19.6 Å². The van der Waals surface area contributed by atoms with Gasteiger partial charge in [0.15, 0.2) is 17.5 Å². The fourth-order valence-corrected chi connectivity index (χ4v) is 7.60. The first-order chi connectivity index (χ1) is 23.9. The van der Waals surface area contributed by atoms with Crippen LogP contribution in [0.4, 0.5) is 8.78 Å². The lowest BCUT2D eigenvalue weighted by molar-refractivity contribution is -0.151. The summed E-state index contributed by atoms with van der Waals surface area (Å²) in [5.74, 6) is 0.331. The molecule has 49 heavy (non-hydrogen) atoms. The predicted molar refractivity (Wildman–Crippen MR) is 188 cm³/mol. The van der Waals surface area contributed by atoms with Crippen LogP contribution in [-0.4, -0.2) is 51.9 Å². The third-order valence-corrected chi connectivity index (χ3v) is 10.5. The van der Waals surface area contributed by atoms with Gasteiger partial charge < -0.3 is 14.2 Å². The molecule has 0 aliphatic carbocycles. The number of unbranched alkanes of at least 4 members (excludes halogenated alkanes) is 12. The van der Waals surface area contributed by atoms with Gasteiger partial charge in [-0.3, -0.25) is 18.5 Å². The minimum atomic E-state index is -0.464. The fourth-order valence-electron chi connectivity index (χ4n) is 7.60. The number of aromatic nitrogens is 3. The SMILES string of the molecule is Cc1nc2n(c(=O)c1CCN1CCC(c3noc4cc(F)ccc34)CC1)CCCC2OC(=O)CCCCCCCCCCCCCCCF. The average molecular weight is 683 g/mol. The summed E-state index contributed by atoms with van der Waals surface area (Å²) < 4.78 is 38.7. The van der Waals surface area contributed by atoms with Crippen molar-refractivity contribution in [3.8, 4) is 0 Å². The number of ether oxygens (including phenoxy) is 1. The van der Waals surface area contributed by atoms with Gasteiger partial charge in [-0.1, -0.05) is 75.8 Å². The zero-order valence-corrected chi connectivity index (χ0v) is 29.5. The first kappa shape index (κ1) is 37.1. The highest BCUT2D eigenvalue weighted by Crippen LogP contribution is 2.33. The zero-order chi connectivity index (χ0) is 34.4. The lowest BCUT2D eigenvalue weighted by Gasteiger charge is -2.31. The van der Waals surface area contributed by atoms with E-state index in [4.69, 9.17) is 14.2 Å². The maximum atomic E-state index is 13.6. The second-order valence-corrected chi connectivity index (χ2v) is 14.2. The lowest BCUT2D eigenvalue weighted by atomic mass is 9.91. The van der Waals surface area contributed by atoms with Gasteiger partial charge in [0.1, 0.15) is 5.82 Å². The summed E-state index contributed by atoms with van der Waals surface area (Å²) in [4.78, 5) is 33.6. The number of hydrogen-bond donors (Lipinski definition) is 0. The number of benzene rings is 1. The van der Waals surface area contributed by atoms with Gasteiger partial charge in [0, 0.05) is 48.1 Å². The number of hydrogen-bond acceptors (Lipinski definition) is 7. The van der Waals surface area contributed by atoms with E-state index in [-0.39, 0.29) is 29.9 Å². The summed E-state index contributed by atoms with van der Waals surface area (Å²) in [6.07, 6.45) is 18.6. The molecule has 270 valence electrons. The first-order valence-electron chi connectivity index (χ1n) is 19.1. The lowest BCUT2D eigenvalue weighted by Crippen LogP contribution is -2.38. The average Bonchev–Trinajstić information content (AvgIpc) is 3.52. The quantitative estimate of drug-likeness (QED) is 0.0868. The Morgan fingerprint density at radius 1 is 0.918 bits per heavy atom. The van der Waals surface area contributed by atoms with E-state index in [9.17, 15) is 18.4 Å². The van der Waals surface area contributed by atoms with Gasteiger partial charge in [-0.25, -0.2) is 9.37 Å². The molecule has 5 rings (SSSR count). The molecule has 1 fully saturated rings. The summed E-state index contributed by atoms with van der Waals surface area (Å²) >= 11 is 0. The molecule has 0 radical (unpaired) electrons. The van der Waals surface area contributed by atoms with Crippen molar-refractivity contribution < 1.29 is 22.8 Å². The number of aryl methyl sites for hydroxylation is 1. The van der Waals surface area contributed by atoms with Crippen LogP contribution in [0.15, 0.2) is 27.5 Å². The van der Waals surface area contributed by atoms with Gasteiger partial charge >= 0.3 is 5.97 Å². The van der Waals surface area contributed by atoms with E-state index in [0.29, 0.717) is 43.6 Å². The molecule has 0 amide bonds. The van der Waals surface area contributed by atoms with Crippen LogP contribution in [0.2, 0.25) is 0 Å². The van der Waals surface area contributed by atoms with E-state index < -0.39 is 6.10 Å². The second-order valence-electron chi connectivity index (χ2n) is 14.2. The Bertz CT molecular complexity index is 1530. The van der Waals surface area contributed by atoms with E-state index in [0.717, 1.165) is 93.3 Å². The summed E-state index contributed by atoms with van der Waals surface area (Å²) in [7, 11) is 0. The highest BCUT2D eigenvalue weighted by molar-refractivity contribution is 5.79. The molecule has 10 heteroatoms. The Kier molecular flexibility index (Phi) is 14.6. The molecule has 8 nitrogen and oxygen atoms in total. The summed E-state index contributed by atoms with van der Waals surface area (Å²) in [6, 6.07) is 4.59. The smallest absolute Gasteiger partial charge is 0.306 e. The molecule has 0 spiro atoms. The maximum Gasteiger partial charge on any atom is 0.306 e. The molecular weight excluding hydrogens is 626 g/mol. The number of halogens is 2. The minimum absolute atomic E-state index is 0.00646. The van der Waals surface area contributed by atoms with Crippen molar-refractivity contribution in [3.63, 3.8) is 0 Å². The fraction of sp³-hybridized carbons (Fsp3) is 0.692. The number of carbonyl (C=O) groups is 1.